The van der Waals surface area contributed by atoms with E-state index in [1.165, 1.54) is 0 Å². The number of ether oxygens (including phenoxy) is 1. The molecule has 2 rings (SSSR count). The lowest BCUT2D eigenvalue weighted by molar-refractivity contribution is -0.144. The van der Waals surface area contributed by atoms with Gasteiger partial charge in [-0.2, -0.15) is 0 Å². The van der Waals surface area contributed by atoms with Crippen LogP contribution in [0.1, 0.15) is 19.3 Å². The van der Waals surface area contributed by atoms with Crippen LogP contribution < -0.4 is 0 Å². The van der Waals surface area contributed by atoms with E-state index >= 15 is 0 Å². The van der Waals surface area contributed by atoms with Crippen molar-refractivity contribution in [1.82, 2.24) is 4.90 Å². The number of carboxylic acid groups (broad SMARTS) is 1. The minimum absolute atomic E-state index is 0.201. The first-order chi connectivity index (χ1) is 6.68. The Hall–Kier alpha value is -1.26. The number of hydrogen-bond acceptors (Lipinski definition) is 3. The van der Waals surface area contributed by atoms with Crippen LogP contribution in [0.3, 0.4) is 0 Å². The fourth-order valence-electron chi connectivity index (χ4n) is 2.12. The van der Waals surface area contributed by atoms with Gasteiger partial charge in [-0.1, -0.05) is 0 Å². The Morgan fingerprint density at radius 3 is 2.93 bits per heavy atom. The smallest absolute Gasteiger partial charge is 0.410 e. The molecule has 2 atom stereocenters. The van der Waals surface area contributed by atoms with Gasteiger partial charge in [-0.15, -0.1) is 0 Å². The van der Waals surface area contributed by atoms with Crippen LogP contribution >= 0.6 is 0 Å². The van der Waals surface area contributed by atoms with Crippen molar-refractivity contribution in [2.24, 2.45) is 5.92 Å². The molecule has 2 aliphatic rings. The Kier molecular flexibility index (Phi) is 2.31. The minimum atomic E-state index is -0.818. The third-order valence-electron chi connectivity index (χ3n) is 2.97. The molecule has 78 valence electrons. The summed E-state index contributed by atoms with van der Waals surface area (Å²) in [6, 6.07) is 0.201. The van der Waals surface area contributed by atoms with E-state index in [1.807, 2.05) is 0 Å². The molecule has 0 bridgehead atoms. The highest BCUT2D eigenvalue weighted by Crippen LogP contribution is 2.27. The Balaban J connectivity index is 2.05. The number of cyclic esters (lactones) is 1. The SMILES string of the molecule is O=C(O)[C@@H]1CC[C@@H]2CCOC(=O)N2C1. The van der Waals surface area contributed by atoms with Crippen LogP contribution in [-0.4, -0.2) is 41.3 Å². The third-order valence-corrected chi connectivity index (χ3v) is 2.97. The van der Waals surface area contributed by atoms with Crippen LogP contribution in [0.5, 0.6) is 0 Å². The van der Waals surface area contributed by atoms with E-state index in [1.54, 1.807) is 4.90 Å². The fourth-order valence-corrected chi connectivity index (χ4v) is 2.12. The summed E-state index contributed by atoms with van der Waals surface area (Å²) in [5, 5.41) is 8.84. The van der Waals surface area contributed by atoms with Gasteiger partial charge in [0.15, 0.2) is 0 Å². The number of nitrogens with zero attached hydrogens (tertiary/aromatic N) is 1. The van der Waals surface area contributed by atoms with Crippen molar-refractivity contribution >= 4 is 12.1 Å². The van der Waals surface area contributed by atoms with Crippen molar-refractivity contribution in [3.8, 4) is 0 Å². The molecule has 1 N–H and O–H groups in total. The summed E-state index contributed by atoms with van der Waals surface area (Å²) in [5.74, 6) is -1.24. The van der Waals surface area contributed by atoms with Crippen LogP contribution in [0.15, 0.2) is 0 Å². The minimum Gasteiger partial charge on any atom is -0.481 e. The highest BCUT2D eigenvalue weighted by molar-refractivity contribution is 5.73. The predicted molar refractivity (Wildman–Crippen MR) is 46.8 cm³/mol. The van der Waals surface area contributed by atoms with Crippen molar-refractivity contribution < 1.29 is 19.4 Å². The standard InChI is InChI=1S/C9H13NO4/c11-8(12)6-1-2-7-3-4-14-9(13)10(7)5-6/h6-7H,1-5H2,(H,11,12)/t6-,7-/m1/s1. The average Bonchev–Trinajstić information content (AvgIpc) is 2.18. The number of fused-ring (bicyclic) bond motifs is 1. The molecule has 0 aromatic heterocycles. The maximum absolute atomic E-state index is 11.3. The maximum atomic E-state index is 11.3. The van der Waals surface area contributed by atoms with Gasteiger partial charge in [-0.25, -0.2) is 4.79 Å². The van der Waals surface area contributed by atoms with Gasteiger partial charge in [0.05, 0.1) is 12.5 Å². The molecule has 0 unspecified atom stereocenters. The molecule has 0 aromatic rings. The molecule has 5 nitrogen and oxygen atoms in total. The second-order valence-electron chi connectivity index (χ2n) is 3.82. The van der Waals surface area contributed by atoms with Gasteiger partial charge >= 0.3 is 12.1 Å². The Morgan fingerprint density at radius 1 is 1.43 bits per heavy atom. The van der Waals surface area contributed by atoms with Crippen molar-refractivity contribution in [1.29, 1.82) is 0 Å². The lowest BCUT2D eigenvalue weighted by Crippen LogP contribution is -2.52. The second-order valence-corrected chi connectivity index (χ2v) is 3.82. The first kappa shape index (κ1) is 9.30. The van der Waals surface area contributed by atoms with Crippen molar-refractivity contribution in [2.75, 3.05) is 13.2 Å². The number of rotatable bonds is 1. The van der Waals surface area contributed by atoms with Gasteiger partial charge < -0.3 is 14.7 Å². The summed E-state index contributed by atoms with van der Waals surface area (Å²) < 4.78 is 4.87. The molecule has 2 fully saturated rings. The Morgan fingerprint density at radius 2 is 2.21 bits per heavy atom. The van der Waals surface area contributed by atoms with Crippen LogP contribution in [0.2, 0.25) is 0 Å². The number of piperidine rings is 1. The predicted octanol–water partition coefficient (Wildman–Crippen LogP) is 0.692. The fraction of sp³-hybridized carbons (Fsp3) is 0.778. The molecular weight excluding hydrogens is 186 g/mol. The topological polar surface area (TPSA) is 66.8 Å². The molecule has 0 spiro atoms. The van der Waals surface area contributed by atoms with Crippen LogP contribution in [0.4, 0.5) is 4.79 Å². The summed E-state index contributed by atoms with van der Waals surface area (Å²) >= 11 is 0. The highest BCUT2D eigenvalue weighted by atomic mass is 16.6. The van der Waals surface area contributed by atoms with E-state index in [0.717, 1.165) is 12.8 Å². The first-order valence-corrected chi connectivity index (χ1v) is 4.84. The number of carbonyl (C=O) groups excluding carboxylic acids is 1. The molecule has 2 saturated heterocycles. The van der Waals surface area contributed by atoms with E-state index in [9.17, 15) is 9.59 Å². The van der Waals surface area contributed by atoms with E-state index in [4.69, 9.17) is 9.84 Å². The van der Waals surface area contributed by atoms with Crippen molar-refractivity contribution in [3.05, 3.63) is 0 Å². The number of carbonyl (C=O) groups is 2. The van der Waals surface area contributed by atoms with Gasteiger partial charge in [-0.3, -0.25) is 4.79 Å². The van der Waals surface area contributed by atoms with Gasteiger partial charge in [0.1, 0.15) is 0 Å². The lowest BCUT2D eigenvalue weighted by Gasteiger charge is -2.40. The van der Waals surface area contributed by atoms with E-state index in [0.29, 0.717) is 19.6 Å². The molecular formula is C9H13NO4. The zero-order chi connectivity index (χ0) is 10.1. The van der Waals surface area contributed by atoms with Gasteiger partial charge in [-0.05, 0) is 12.8 Å². The normalized spacial score (nSPS) is 32.0. The van der Waals surface area contributed by atoms with E-state index in [2.05, 4.69) is 0 Å². The molecule has 0 radical (unpaired) electrons. The molecule has 0 saturated carbocycles. The van der Waals surface area contributed by atoms with Crippen molar-refractivity contribution in [2.45, 2.75) is 25.3 Å². The molecule has 2 aliphatic heterocycles. The highest BCUT2D eigenvalue weighted by Gasteiger charge is 2.37. The number of aliphatic carboxylic acids is 1. The number of amides is 1. The molecule has 14 heavy (non-hydrogen) atoms. The largest absolute Gasteiger partial charge is 0.481 e. The van der Waals surface area contributed by atoms with Crippen molar-refractivity contribution in [3.63, 3.8) is 0 Å². The summed E-state index contributed by atoms with van der Waals surface area (Å²) in [6.45, 7) is 0.774. The summed E-state index contributed by atoms with van der Waals surface area (Å²) in [6.07, 6.45) is 1.93. The van der Waals surface area contributed by atoms with Gasteiger partial charge in [0.2, 0.25) is 0 Å². The Bertz CT molecular complexity index is 266. The molecule has 0 aromatic carbocycles. The number of carboxylic acids is 1. The quantitative estimate of drug-likeness (QED) is 0.674. The zero-order valence-electron chi connectivity index (χ0n) is 7.81. The van der Waals surface area contributed by atoms with Gasteiger partial charge in [0.25, 0.3) is 0 Å². The average molecular weight is 199 g/mol. The second kappa shape index (κ2) is 3.48. The van der Waals surface area contributed by atoms with E-state index in [-0.39, 0.29) is 12.1 Å². The lowest BCUT2D eigenvalue weighted by atomic mass is 9.91. The third kappa shape index (κ3) is 1.54. The van der Waals surface area contributed by atoms with Crippen LogP contribution in [0, 0.1) is 5.92 Å². The molecule has 0 aliphatic carbocycles. The monoisotopic (exact) mass is 199 g/mol. The summed E-state index contributed by atoms with van der Waals surface area (Å²) in [5.41, 5.74) is 0. The molecule has 5 heteroatoms. The van der Waals surface area contributed by atoms with Crippen LogP contribution in [-0.2, 0) is 9.53 Å². The maximum Gasteiger partial charge on any atom is 0.410 e. The molecule has 1 amide bonds. The summed E-state index contributed by atoms with van der Waals surface area (Å²) in [7, 11) is 0. The summed E-state index contributed by atoms with van der Waals surface area (Å²) in [4.78, 5) is 23.6. The van der Waals surface area contributed by atoms with Gasteiger partial charge in [0, 0.05) is 19.0 Å². The first-order valence-electron chi connectivity index (χ1n) is 4.84. The number of hydrogen-bond donors (Lipinski definition) is 1. The zero-order valence-corrected chi connectivity index (χ0v) is 7.81. The Labute approximate surface area is 81.6 Å². The van der Waals surface area contributed by atoms with E-state index < -0.39 is 11.9 Å². The molecule has 2 heterocycles. The van der Waals surface area contributed by atoms with Crippen LogP contribution in [0.25, 0.3) is 0 Å².